The molecule has 0 aliphatic carbocycles. The fourth-order valence-electron chi connectivity index (χ4n) is 1.89. The Morgan fingerprint density at radius 3 is 2.75 bits per heavy atom. The van der Waals surface area contributed by atoms with Gasteiger partial charge in [0, 0.05) is 12.4 Å². The minimum Gasteiger partial charge on any atom is -0.476 e. The largest absolute Gasteiger partial charge is 0.476 e. The highest BCUT2D eigenvalue weighted by Crippen LogP contribution is 2.27. The van der Waals surface area contributed by atoms with E-state index < -0.39 is 5.97 Å². The van der Waals surface area contributed by atoms with Gasteiger partial charge in [-0.15, -0.1) is 16.4 Å². The fraction of sp³-hybridized carbons (Fsp3) is 0.0769. The predicted octanol–water partition coefficient (Wildman–Crippen LogP) is 2.15. The molecule has 0 radical (unpaired) electrons. The smallest absolute Gasteiger partial charge is 0.358 e. The molecule has 0 fully saturated rings. The van der Waals surface area contributed by atoms with Gasteiger partial charge < -0.3 is 5.11 Å². The Hall–Kier alpha value is -2.54. The van der Waals surface area contributed by atoms with Crippen molar-refractivity contribution in [3.05, 3.63) is 53.3 Å². The predicted molar refractivity (Wildman–Crippen MR) is 73.6 cm³/mol. The standard InChI is InChI=1S/C13H10N4O2S/c18-13(19)11-12(10-2-1-7-20-10)17(16-15-11)8-9-3-5-14-6-4-9/h1-7H,8H2,(H,18,19). The third-order valence-corrected chi connectivity index (χ3v) is 3.65. The quantitative estimate of drug-likeness (QED) is 0.794. The van der Waals surface area contributed by atoms with Crippen LogP contribution in [0.1, 0.15) is 16.1 Å². The summed E-state index contributed by atoms with van der Waals surface area (Å²) in [5.41, 5.74) is 1.49. The van der Waals surface area contributed by atoms with Crippen molar-refractivity contribution < 1.29 is 9.90 Å². The van der Waals surface area contributed by atoms with Crippen molar-refractivity contribution in [1.29, 1.82) is 0 Å². The Morgan fingerprint density at radius 2 is 2.10 bits per heavy atom. The van der Waals surface area contributed by atoms with Crippen LogP contribution in [0.4, 0.5) is 0 Å². The van der Waals surface area contributed by atoms with E-state index in [9.17, 15) is 9.90 Å². The SMILES string of the molecule is O=C(O)c1nnn(Cc2ccncc2)c1-c1cccs1. The molecule has 3 heterocycles. The molecule has 100 valence electrons. The number of pyridine rings is 1. The average Bonchev–Trinajstić information content (AvgIpc) is 3.08. The Labute approximate surface area is 118 Å². The Balaban J connectivity index is 2.06. The van der Waals surface area contributed by atoms with Gasteiger partial charge in [-0.1, -0.05) is 11.3 Å². The molecule has 0 saturated carbocycles. The summed E-state index contributed by atoms with van der Waals surface area (Å²) < 4.78 is 1.60. The van der Waals surface area contributed by atoms with E-state index in [1.165, 1.54) is 11.3 Å². The summed E-state index contributed by atoms with van der Waals surface area (Å²) in [4.78, 5) is 16.1. The van der Waals surface area contributed by atoms with Crippen LogP contribution >= 0.6 is 11.3 Å². The molecule has 0 amide bonds. The van der Waals surface area contributed by atoms with Crippen LogP contribution in [-0.2, 0) is 6.54 Å². The number of hydrogen-bond acceptors (Lipinski definition) is 5. The molecule has 0 atom stereocenters. The van der Waals surface area contributed by atoms with E-state index in [1.807, 2.05) is 29.6 Å². The minimum atomic E-state index is -1.07. The van der Waals surface area contributed by atoms with E-state index in [2.05, 4.69) is 15.3 Å². The van der Waals surface area contributed by atoms with Gasteiger partial charge in [-0.05, 0) is 29.1 Å². The fourth-order valence-corrected chi connectivity index (χ4v) is 2.66. The van der Waals surface area contributed by atoms with Gasteiger partial charge in [-0.2, -0.15) is 0 Å². The molecule has 0 spiro atoms. The average molecular weight is 286 g/mol. The topological polar surface area (TPSA) is 80.9 Å². The second-order valence-corrected chi connectivity index (χ2v) is 5.03. The number of aromatic nitrogens is 4. The van der Waals surface area contributed by atoms with E-state index in [4.69, 9.17) is 0 Å². The summed E-state index contributed by atoms with van der Waals surface area (Å²) in [5.74, 6) is -1.07. The van der Waals surface area contributed by atoms with Gasteiger partial charge in [-0.25, -0.2) is 9.48 Å². The van der Waals surface area contributed by atoms with Crippen LogP contribution in [-0.4, -0.2) is 31.1 Å². The Morgan fingerprint density at radius 1 is 1.30 bits per heavy atom. The van der Waals surface area contributed by atoms with Crippen LogP contribution < -0.4 is 0 Å². The first kappa shape index (κ1) is 12.5. The molecular formula is C13H10N4O2S. The van der Waals surface area contributed by atoms with Gasteiger partial charge in [-0.3, -0.25) is 4.98 Å². The van der Waals surface area contributed by atoms with Gasteiger partial charge in [0.15, 0.2) is 5.69 Å². The molecule has 0 unspecified atom stereocenters. The highest BCUT2D eigenvalue weighted by molar-refractivity contribution is 7.13. The lowest BCUT2D eigenvalue weighted by Gasteiger charge is -2.05. The zero-order valence-electron chi connectivity index (χ0n) is 10.3. The third-order valence-electron chi connectivity index (χ3n) is 2.77. The first-order chi connectivity index (χ1) is 9.75. The van der Waals surface area contributed by atoms with E-state index >= 15 is 0 Å². The van der Waals surface area contributed by atoms with Crippen molar-refractivity contribution in [1.82, 2.24) is 20.0 Å². The van der Waals surface area contributed by atoms with Crippen LogP contribution in [0.15, 0.2) is 42.0 Å². The number of hydrogen-bond donors (Lipinski definition) is 1. The number of thiophene rings is 1. The van der Waals surface area contributed by atoms with Crippen LogP contribution in [0.5, 0.6) is 0 Å². The van der Waals surface area contributed by atoms with Gasteiger partial charge in [0.25, 0.3) is 0 Å². The van der Waals surface area contributed by atoms with Gasteiger partial charge in [0.2, 0.25) is 0 Å². The number of nitrogens with zero attached hydrogens (tertiary/aromatic N) is 4. The second kappa shape index (κ2) is 5.22. The van der Waals surface area contributed by atoms with Gasteiger partial charge >= 0.3 is 5.97 Å². The van der Waals surface area contributed by atoms with Crippen molar-refractivity contribution in [3.8, 4) is 10.6 Å². The molecule has 20 heavy (non-hydrogen) atoms. The molecule has 0 bridgehead atoms. The number of aromatic carboxylic acids is 1. The van der Waals surface area contributed by atoms with E-state index in [0.29, 0.717) is 12.2 Å². The summed E-state index contributed by atoms with van der Waals surface area (Å²) >= 11 is 1.46. The van der Waals surface area contributed by atoms with Crippen molar-refractivity contribution in [2.24, 2.45) is 0 Å². The molecule has 0 aliphatic heterocycles. The highest BCUT2D eigenvalue weighted by Gasteiger charge is 2.21. The second-order valence-electron chi connectivity index (χ2n) is 4.08. The summed E-state index contributed by atoms with van der Waals surface area (Å²) in [6, 6.07) is 7.45. The van der Waals surface area contributed by atoms with Crippen LogP contribution in [0.25, 0.3) is 10.6 Å². The van der Waals surface area contributed by atoms with E-state index in [0.717, 1.165) is 10.4 Å². The van der Waals surface area contributed by atoms with Crippen molar-refractivity contribution in [2.75, 3.05) is 0 Å². The Bertz CT molecular complexity index is 722. The number of rotatable bonds is 4. The molecule has 0 saturated heterocycles. The first-order valence-electron chi connectivity index (χ1n) is 5.85. The zero-order valence-corrected chi connectivity index (χ0v) is 11.1. The maximum Gasteiger partial charge on any atom is 0.358 e. The van der Waals surface area contributed by atoms with Crippen LogP contribution in [0.2, 0.25) is 0 Å². The molecule has 3 aromatic heterocycles. The molecule has 0 aromatic carbocycles. The maximum absolute atomic E-state index is 11.3. The minimum absolute atomic E-state index is 0.0264. The summed E-state index contributed by atoms with van der Waals surface area (Å²) in [5, 5.41) is 18.8. The van der Waals surface area contributed by atoms with Gasteiger partial charge in [0.1, 0.15) is 5.69 Å². The third kappa shape index (κ3) is 2.30. The Kier molecular flexibility index (Phi) is 3.26. The van der Waals surface area contributed by atoms with Crippen molar-refractivity contribution in [3.63, 3.8) is 0 Å². The maximum atomic E-state index is 11.3. The molecule has 1 N–H and O–H groups in total. The molecule has 0 aliphatic rings. The lowest BCUT2D eigenvalue weighted by Crippen LogP contribution is -2.05. The van der Waals surface area contributed by atoms with Crippen LogP contribution in [0, 0.1) is 0 Å². The normalized spacial score (nSPS) is 10.6. The molecule has 6 nitrogen and oxygen atoms in total. The lowest BCUT2D eigenvalue weighted by atomic mass is 10.2. The summed E-state index contributed by atoms with van der Waals surface area (Å²) in [6.45, 7) is 0.454. The van der Waals surface area contributed by atoms with Crippen molar-refractivity contribution >= 4 is 17.3 Å². The molecule has 7 heteroatoms. The van der Waals surface area contributed by atoms with Gasteiger partial charge in [0.05, 0.1) is 11.4 Å². The first-order valence-corrected chi connectivity index (χ1v) is 6.73. The molecule has 3 aromatic rings. The summed E-state index contributed by atoms with van der Waals surface area (Å²) in [6.07, 6.45) is 3.38. The molecular weight excluding hydrogens is 276 g/mol. The number of carbonyl (C=O) groups is 1. The monoisotopic (exact) mass is 286 g/mol. The van der Waals surface area contributed by atoms with Crippen LogP contribution in [0.3, 0.4) is 0 Å². The number of carboxylic acids is 1. The van der Waals surface area contributed by atoms with E-state index in [-0.39, 0.29) is 5.69 Å². The highest BCUT2D eigenvalue weighted by atomic mass is 32.1. The lowest BCUT2D eigenvalue weighted by molar-refractivity contribution is 0.0691. The molecule has 3 rings (SSSR count). The van der Waals surface area contributed by atoms with E-state index in [1.54, 1.807) is 17.1 Å². The zero-order chi connectivity index (χ0) is 13.9. The summed E-state index contributed by atoms with van der Waals surface area (Å²) in [7, 11) is 0. The van der Waals surface area contributed by atoms with Crippen molar-refractivity contribution in [2.45, 2.75) is 6.54 Å². The number of carboxylic acid groups (broad SMARTS) is 1.